The van der Waals surface area contributed by atoms with Crippen molar-refractivity contribution < 1.29 is 38.9 Å². The number of Topliss-reactive ketones (excluding diaryl/α,β-unsaturated/α-hetero) is 1. The van der Waals surface area contributed by atoms with E-state index in [9.17, 15) is 29.3 Å². The first-order valence-electron chi connectivity index (χ1n) is 7.99. The predicted molar refractivity (Wildman–Crippen MR) is 90.9 cm³/mol. The lowest BCUT2D eigenvalue weighted by atomic mass is 9.96. The van der Waals surface area contributed by atoms with Gasteiger partial charge in [-0.25, -0.2) is 4.79 Å². The molecule has 0 bridgehead atoms. The zero-order valence-electron chi connectivity index (χ0n) is 14.5. The van der Waals surface area contributed by atoms with E-state index in [-0.39, 0.29) is 6.54 Å². The number of thiol groups is 1. The van der Waals surface area contributed by atoms with Gasteiger partial charge in [0.15, 0.2) is 5.78 Å². The lowest BCUT2D eigenvalue weighted by Crippen LogP contribution is -2.48. The fraction of sp³-hybridized carbons (Fsp3) is 0.714. The second-order valence-corrected chi connectivity index (χ2v) is 6.52. The van der Waals surface area contributed by atoms with Crippen LogP contribution in [0.15, 0.2) is 0 Å². The van der Waals surface area contributed by atoms with Gasteiger partial charge in [-0.15, -0.1) is 10.1 Å². The van der Waals surface area contributed by atoms with Crippen molar-refractivity contribution in [2.75, 3.05) is 13.3 Å². The minimum Gasteiger partial charge on any atom is -0.480 e. The fourth-order valence-corrected chi connectivity index (χ4v) is 2.94. The molecule has 1 saturated heterocycles. The maximum Gasteiger partial charge on any atom is 0.326 e. The van der Waals surface area contributed by atoms with Crippen LogP contribution in [-0.2, 0) is 28.8 Å². The minimum atomic E-state index is -1.35. The Kier molecular flexibility index (Phi) is 8.43. The zero-order valence-corrected chi connectivity index (χ0v) is 15.4. The third kappa shape index (κ3) is 6.36. The maximum absolute atomic E-state index is 12.5. The van der Waals surface area contributed by atoms with Crippen LogP contribution in [0.2, 0.25) is 0 Å². The Morgan fingerprint density at radius 2 is 2.04 bits per heavy atom. The quantitative estimate of drug-likeness (QED) is 0.133. The number of nitrogens with two attached hydrogens (primary N) is 1. The number of carbonyl (C=O) groups is 4. The predicted octanol–water partition coefficient (Wildman–Crippen LogP) is -1.01. The lowest BCUT2D eigenvalue weighted by Gasteiger charge is -2.27. The van der Waals surface area contributed by atoms with Crippen LogP contribution in [-0.4, -0.2) is 69.4 Å². The van der Waals surface area contributed by atoms with E-state index >= 15 is 0 Å². The Balaban J connectivity index is 2.60. The van der Waals surface area contributed by atoms with Crippen LogP contribution in [0.4, 0.5) is 0 Å². The molecule has 0 aromatic heterocycles. The van der Waals surface area contributed by atoms with E-state index in [1.165, 1.54) is 11.8 Å². The molecule has 4 atom stereocenters. The smallest absolute Gasteiger partial charge is 0.326 e. The Morgan fingerprint density at radius 3 is 2.59 bits per heavy atom. The molecule has 0 aromatic rings. The van der Waals surface area contributed by atoms with Crippen LogP contribution in [0.5, 0.6) is 0 Å². The second-order valence-electron chi connectivity index (χ2n) is 5.96. The molecule has 1 fully saturated rings. The van der Waals surface area contributed by atoms with Crippen molar-refractivity contribution in [1.82, 2.24) is 4.90 Å². The first kappa shape index (κ1) is 22.6. The van der Waals surface area contributed by atoms with Crippen LogP contribution in [0.3, 0.4) is 0 Å². The van der Waals surface area contributed by atoms with E-state index in [2.05, 4.69) is 22.2 Å². The molecule has 1 rings (SSSR count). The molecule has 0 aromatic carbocycles. The summed E-state index contributed by atoms with van der Waals surface area (Å²) in [7, 11) is 0. The van der Waals surface area contributed by atoms with Gasteiger partial charge in [-0.2, -0.15) is 12.6 Å². The standard InChI is InChI=1S/C14H21N3O9S/c1-7(13(20)16-4-2-3-9(16)14(21)22)12(27)11(19)8(15)5-10(18)25-6-26-17(23)24/h7-9,12,27H,2-6,15H2,1H3,(H,21,22)/t7-,8+,9+,12?/m1/s1. The summed E-state index contributed by atoms with van der Waals surface area (Å²) >= 11 is 4.10. The topological polar surface area (TPSA) is 179 Å². The van der Waals surface area contributed by atoms with Crippen LogP contribution in [0.25, 0.3) is 0 Å². The number of amides is 1. The molecular formula is C14H21N3O9S. The van der Waals surface area contributed by atoms with Crippen LogP contribution in [0.1, 0.15) is 26.2 Å². The third-order valence-electron chi connectivity index (χ3n) is 4.11. The van der Waals surface area contributed by atoms with Crippen LogP contribution < -0.4 is 5.73 Å². The van der Waals surface area contributed by atoms with Gasteiger partial charge in [0, 0.05) is 6.54 Å². The average molecular weight is 407 g/mol. The normalized spacial score (nSPS) is 19.7. The molecule has 0 spiro atoms. The van der Waals surface area contributed by atoms with Crippen molar-refractivity contribution in [3.8, 4) is 0 Å². The Bertz CT molecular complexity index is 615. The van der Waals surface area contributed by atoms with Crippen LogP contribution in [0, 0.1) is 16.0 Å². The lowest BCUT2D eigenvalue weighted by molar-refractivity contribution is -0.765. The highest BCUT2D eigenvalue weighted by Crippen LogP contribution is 2.23. The number of ketones is 1. The molecule has 1 aliphatic rings. The minimum absolute atomic E-state index is 0.268. The number of esters is 1. The van der Waals surface area contributed by atoms with Crippen molar-refractivity contribution in [1.29, 1.82) is 0 Å². The molecule has 152 valence electrons. The summed E-state index contributed by atoms with van der Waals surface area (Å²) < 4.78 is 4.38. The summed E-state index contributed by atoms with van der Waals surface area (Å²) in [5.41, 5.74) is 5.62. The van der Waals surface area contributed by atoms with E-state index in [4.69, 9.17) is 10.8 Å². The molecule has 1 amide bonds. The van der Waals surface area contributed by atoms with Gasteiger partial charge >= 0.3 is 11.9 Å². The Morgan fingerprint density at radius 1 is 1.41 bits per heavy atom. The summed E-state index contributed by atoms with van der Waals surface area (Å²) in [6, 6.07) is -2.29. The van der Waals surface area contributed by atoms with Gasteiger partial charge in [-0.1, -0.05) is 6.92 Å². The number of ether oxygens (including phenoxy) is 1. The van der Waals surface area contributed by atoms with E-state index in [0.29, 0.717) is 12.8 Å². The van der Waals surface area contributed by atoms with E-state index in [1.54, 1.807) is 0 Å². The Hall–Kier alpha value is -2.41. The molecular weight excluding hydrogens is 386 g/mol. The number of carbonyl (C=O) groups excluding carboxylic acids is 3. The summed E-state index contributed by atoms with van der Waals surface area (Å²) in [5, 5.41) is 16.8. The van der Waals surface area contributed by atoms with E-state index in [1.807, 2.05) is 0 Å². The number of rotatable bonds is 10. The summed E-state index contributed by atoms with van der Waals surface area (Å²) in [6.07, 6.45) is 0.286. The second kappa shape index (κ2) is 10.1. The summed E-state index contributed by atoms with van der Waals surface area (Å²) in [5.74, 6) is -4.32. The summed E-state index contributed by atoms with van der Waals surface area (Å²) in [6.45, 7) is 0.756. The highest BCUT2D eigenvalue weighted by Gasteiger charge is 2.39. The molecule has 3 N–H and O–H groups in total. The van der Waals surface area contributed by atoms with E-state index < -0.39 is 65.2 Å². The van der Waals surface area contributed by atoms with Gasteiger partial charge in [0.2, 0.25) is 12.7 Å². The van der Waals surface area contributed by atoms with Crippen molar-refractivity contribution in [3.63, 3.8) is 0 Å². The van der Waals surface area contributed by atoms with Crippen LogP contribution >= 0.6 is 12.6 Å². The monoisotopic (exact) mass is 407 g/mol. The van der Waals surface area contributed by atoms with Crippen molar-refractivity contribution >= 4 is 36.3 Å². The number of carboxylic acids is 1. The number of hydrogen-bond donors (Lipinski definition) is 3. The van der Waals surface area contributed by atoms with Gasteiger partial charge in [0.25, 0.3) is 5.09 Å². The maximum atomic E-state index is 12.5. The first-order chi connectivity index (χ1) is 12.6. The molecule has 27 heavy (non-hydrogen) atoms. The van der Waals surface area contributed by atoms with Crippen molar-refractivity contribution in [3.05, 3.63) is 10.1 Å². The number of hydrogen-bond acceptors (Lipinski definition) is 10. The number of carboxylic acid groups (broad SMARTS) is 1. The highest BCUT2D eigenvalue weighted by atomic mass is 32.1. The summed E-state index contributed by atoms with van der Waals surface area (Å²) in [4.78, 5) is 62.4. The number of likely N-dealkylation sites (tertiary alicyclic amines) is 1. The molecule has 0 aliphatic carbocycles. The molecule has 1 heterocycles. The van der Waals surface area contributed by atoms with E-state index in [0.717, 1.165) is 0 Å². The molecule has 12 nitrogen and oxygen atoms in total. The SMILES string of the molecule is C[C@@H](C(=O)N1CCC[C@H]1C(=O)O)C(S)C(=O)[C@@H](N)CC(=O)OCO[N+](=O)[O-]. The molecule has 0 radical (unpaired) electrons. The average Bonchev–Trinajstić information content (AvgIpc) is 3.08. The molecule has 1 aliphatic heterocycles. The van der Waals surface area contributed by atoms with Gasteiger partial charge in [0.1, 0.15) is 6.04 Å². The fourth-order valence-electron chi connectivity index (χ4n) is 2.62. The molecule has 1 unspecified atom stereocenters. The van der Waals surface area contributed by atoms with Gasteiger partial charge in [-0.3, -0.25) is 19.2 Å². The number of nitrogens with zero attached hydrogens (tertiary/aromatic N) is 2. The van der Waals surface area contributed by atoms with Gasteiger partial charge in [-0.05, 0) is 12.8 Å². The first-order valence-corrected chi connectivity index (χ1v) is 8.51. The Labute approximate surface area is 159 Å². The molecule has 0 saturated carbocycles. The number of aliphatic carboxylic acids is 1. The zero-order chi connectivity index (χ0) is 20.7. The van der Waals surface area contributed by atoms with Crippen molar-refractivity contribution in [2.24, 2.45) is 11.7 Å². The molecule has 13 heteroatoms. The third-order valence-corrected chi connectivity index (χ3v) is 4.81. The highest BCUT2D eigenvalue weighted by molar-refractivity contribution is 7.81. The van der Waals surface area contributed by atoms with Gasteiger partial charge in [0.05, 0.1) is 23.6 Å². The van der Waals surface area contributed by atoms with Crippen molar-refractivity contribution in [2.45, 2.75) is 43.5 Å². The van der Waals surface area contributed by atoms with Gasteiger partial charge < -0.3 is 20.5 Å². The largest absolute Gasteiger partial charge is 0.480 e.